The van der Waals surface area contributed by atoms with E-state index in [1.54, 1.807) is 5.57 Å². The quantitative estimate of drug-likeness (QED) is 0.434. The van der Waals surface area contributed by atoms with Gasteiger partial charge in [0, 0.05) is 0 Å². The molecule has 0 aliphatic heterocycles. The zero-order chi connectivity index (χ0) is 21.9. The van der Waals surface area contributed by atoms with Crippen molar-refractivity contribution in [2.45, 2.75) is 112 Å². The van der Waals surface area contributed by atoms with Crippen LogP contribution >= 0.6 is 0 Å². The molecule has 1 unspecified atom stereocenters. The molecule has 0 aromatic carbocycles. The van der Waals surface area contributed by atoms with Crippen LogP contribution in [-0.2, 0) is 0 Å². The van der Waals surface area contributed by atoms with Gasteiger partial charge in [0.1, 0.15) is 0 Å². The molecule has 0 heterocycles. The monoisotopic (exact) mass is 414 g/mol. The van der Waals surface area contributed by atoms with E-state index < -0.39 is 0 Å². The van der Waals surface area contributed by atoms with Gasteiger partial charge in [0.05, 0.1) is 6.10 Å². The van der Waals surface area contributed by atoms with E-state index in [1.165, 1.54) is 51.4 Å². The van der Waals surface area contributed by atoms with Crippen LogP contribution in [0.2, 0.25) is 0 Å². The molecule has 1 saturated carbocycles. The van der Waals surface area contributed by atoms with Crippen molar-refractivity contribution in [2.24, 2.45) is 46.8 Å². The number of hydrogen-bond acceptors (Lipinski definition) is 1. The van der Waals surface area contributed by atoms with Crippen molar-refractivity contribution in [3.63, 3.8) is 0 Å². The van der Waals surface area contributed by atoms with Gasteiger partial charge in [-0.05, 0) is 91.8 Å². The van der Waals surface area contributed by atoms with E-state index in [1.807, 2.05) is 0 Å². The SMILES string of the molecule is CC[C@H](CC[C@@H](C)[C@H]1C/C=C/[C@H]2CC=C3C[C@H](O)CCC3(C)[C@H]2CC[C@@H]1C)C(C)C. The van der Waals surface area contributed by atoms with Crippen LogP contribution < -0.4 is 0 Å². The van der Waals surface area contributed by atoms with Crippen molar-refractivity contribution in [3.05, 3.63) is 23.8 Å². The highest BCUT2D eigenvalue weighted by molar-refractivity contribution is 5.25. The molecule has 0 aromatic rings. The van der Waals surface area contributed by atoms with Gasteiger partial charge in [-0.3, -0.25) is 0 Å². The fourth-order valence-corrected chi connectivity index (χ4v) is 7.41. The average molecular weight is 415 g/mol. The van der Waals surface area contributed by atoms with Crippen LogP contribution in [0.3, 0.4) is 0 Å². The molecule has 3 aliphatic rings. The van der Waals surface area contributed by atoms with Gasteiger partial charge in [-0.15, -0.1) is 0 Å². The zero-order valence-electron chi connectivity index (χ0n) is 20.9. The molecule has 3 rings (SSSR count). The zero-order valence-corrected chi connectivity index (χ0v) is 20.9. The highest BCUT2D eigenvalue weighted by Gasteiger charge is 2.46. The van der Waals surface area contributed by atoms with Crippen molar-refractivity contribution in [1.82, 2.24) is 0 Å². The van der Waals surface area contributed by atoms with Gasteiger partial charge in [0.15, 0.2) is 0 Å². The largest absolute Gasteiger partial charge is 0.393 e. The van der Waals surface area contributed by atoms with Crippen molar-refractivity contribution in [3.8, 4) is 0 Å². The summed E-state index contributed by atoms with van der Waals surface area (Å²) in [6.07, 6.45) is 20.0. The molecule has 172 valence electrons. The first kappa shape index (κ1) is 24.1. The predicted octanol–water partition coefficient (Wildman–Crippen LogP) is 8.19. The Morgan fingerprint density at radius 2 is 1.87 bits per heavy atom. The van der Waals surface area contributed by atoms with Crippen LogP contribution in [0.1, 0.15) is 106 Å². The topological polar surface area (TPSA) is 20.2 Å². The lowest BCUT2D eigenvalue weighted by molar-refractivity contribution is 0.0532. The summed E-state index contributed by atoms with van der Waals surface area (Å²) in [6, 6.07) is 0. The van der Waals surface area contributed by atoms with Crippen molar-refractivity contribution < 1.29 is 5.11 Å². The summed E-state index contributed by atoms with van der Waals surface area (Å²) in [4.78, 5) is 0. The van der Waals surface area contributed by atoms with E-state index in [9.17, 15) is 5.11 Å². The lowest BCUT2D eigenvalue weighted by Crippen LogP contribution is -2.41. The fraction of sp³-hybridized carbons (Fsp3) is 0.862. The van der Waals surface area contributed by atoms with Gasteiger partial charge < -0.3 is 5.11 Å². The van der Waals surface area contributed by atoms with Gasteiger partial charge in [0.2, 0.25) is 0 Å². The second-order valence-corrected chi connectivity index (χ2v) is 11.9. The Hall–Kier alpha value is -0.560. The Kier molecular flexibility index (Phi) is 8.33. The Morgan fingerprint density at radius 1 is 1.10 bits per heavy atom. The maximum Gasteiger partial charge on any atom is 0.0577 e. The molecule has 1 N–H and O–H groups in total. The first-order valence-electron chi connectivity index (χ1n) is 13.3. The lowest BCUT2D eigenvalue weighted by Gasteiger charge is -2.50. The summed E-state index contributed by atoms with van der Waals surface area (Å²) >= 11 is 0. The molecular weight excluding hydrogens is 364 g/mol. The molecule has 30 heavy (non-hydrogen) atoms. The van der Waals surface area contributed by atoms with E-state index in [4.69, 9.17) is 0 Å². The van der Waals surface area contributed by atoms with Crippen LogP contribution in [-0.4, -0.2) is 11.2 Å². The van der Waals surface area contributed by atoms with Crippen LogP contribution in [0.15, 0.2) is 23.8 Å². The molecule has 0 amide bonds. The summed E-state index contributed by atoms with van der Waals surface area (Å²) < 4.78 is 0. The predicted molar refractivity (Wildman–Crippen MR) is 130 cm³/mol. The Morgan fingerprint density at radius 3 is 2.57 bits per heavy atom. The minimum atomic E-state index is -0.102. The molecule has 1 fully saturated rings. The Bertz CT molecular complexity index is 601. The number of hydrogen-bond donors (Lipinski definition) is 1. The standard InChI is InChI=1S/C29H50O/c1-7-23(20(2)3)13-11-21(4)27-10-8-9-24-14-15-25-19-26(30)17-18-29(25,6)28(24)16-12-22(27)5/h8-9,15,20-24,26-28,30H,7,10-14,16-19H2,1-6H3/b9-8+/t21-,22+,23-,24+,26-,27-,28+,29?/m1/s1. The fourth-order valence-electron chi connectivity index (χ4n) is 7.41. The van der Waals surface area contributed by atoms with E-state index in [-0.39, 0.29) is 6.10 Å². The number of aliphatic hydroxyl groups excluding tert-OH is 1. The molecule has 0 saturated heterocycles. The normalized spacial score (nSPS) is 40.3. The maximum atomic E-state index is 10.2. The van der Waals surface area contributed by atoms with Gasteiger partial charge in [-0.1, -0.05) is 84.6 Å². The average Bonchev–Trinajstić information content (AvgIpc) is 2.78. The molecule has 0 aromatic heterocycles. The third-order valence-electron chi connectivity index (χ3n) is 9.80. The highest BCUT2D eigenvalue weighted by Crippen LogP contribution is 2.55. The van der Waals surface area contributed by atoms with Crippen LogP contribution in [0, 0.1) is 46.8 Å². The maximum absolute atomic E-state index is 10.2. The number of fused-ring (bicyclic) bond motifs is 3. The summed E-state index contributed by atoms with van der Waals surface area (Å²) in [6.45, 7) is 14.8. The summed E-state index contributed by atoms with van der Waals surface area (Å²) in [5.41, 5.74) is 1.90. The first-order valence-corrected chi connectivity index (χ1v) is 13.3. The van der Waals surface area contributed by atoms with Crippen molar-refractivity contribution >= 4 is 0 Å². The van der Waals surface area contributed by atoms with E-state index >= 15 is 0 Å². The Labute approximate surface area is 187 Å². The molecule has 8 atom stereocenters. The van der Waals surface area contributed by atoms with Crippen LogP contribution in [0.25, 0.3) is 0 Å². The lowest BCUT2D eigenvalue weighted by atomic mass is 9.55. The van der Waals surface area contributed by atoms with Gasteiger partial charge in [0.25, 0.3) is 0 Å². The minimum absolute atomic E-state index is 0.102. The van der Waals surface area contributed by atoms with Crippen LogP contribution in [0.4, 0.5) is 0 Å². The van der Waals surface area contributed by atoms with Gasteiger partial charge in [-0.25, -0.2) is 0 Å². The smallest absolute Gasteiger partial charge is 0.0577 e. The van der Waals surface area contributed by atoms with Crippen molar-refractivity contribution in [2.75, 3.05) is 0 Å². The molecule has 0 bridgehead atoms. The highest BCUT2D eigenvalue weighted by atomic mass is 16.3. The number of aliphatic hydroxyl groups is 1. The van der Waals surface area contributed by atoms with E-state index in [0.29, 0.717) is 11.3 Å². The number of rotatable bonds is 6. The summed E-state index contributed by atoms with van der Waals surface area (Å²) in [7, 11) is 0. The molecule has 0 spiro atoms. The van der Waals surface area contributed by atoms with E-state index in [2.05, 4.69) is 59.8 Å². The molecule has 3 aliphatic carbocycles. The van der Waals surface area contributed by atoms with Gasteiger partial charge >= 0.3 is 0 Å². The molecule has 0 radical (unpaired) electrons. The Balaban J connectivity index is 1.67. The van der Waals surface area contributed by atoms with E-state index in [0.717, 1.165) is 48.3 Å². The second-order valence-electron chi connectivity index (χ2n) is 11.9. The first-order chi connectivity index (χ1) is 14.3. The number of allylic oxidation sites excluding steroid dienone is 3. The third kappa shape index (κ3) is 5.25. The third-order valence-corrected chi connectivity index (χ3v) is 9.80. The van der Waals surface area contributed by atoms with Crippen LogP contribution in [0.5, 0.6) is 0 Å². The second kappa shape index (κ2) is 10.4. The molecule has 1 heteroatoms. The minimum Gasteiger partial charge on any atom is -0.393 e. The summed E-state index contributed by atoms with van der Waals surface area (Å²) in [5, 5.41) is 10.2. The molecular formula is C29H50O. The van der Waals surface area contributed by atoms with Crippen molar-refractivity contribution in [1.29, 1.82) is 0 Å². The van der Waals surface area contributed by atoms with Gasteiger partial charge in [-0.2, -0.15) is 0 Å². The molecule has 1 nitrogen and oxygen atoms in total. The summed E-state index contributed by atoms with van der Waals surface area (Å²) in [5.74, 6) is 5.66.